The lowest BCUT2D eigenvalue weighted by Crippen LogP contribution is -2.46. The first-order chi connectivity index (χ1) is 10.1. The van der Waals surface area contributed by atoms with Crippen LogP contribution in [0.25, 0.3) is 0 Å². The Bertz CT molecular complexity index is 529. The summed E-state index contributed by atoms with van der Waals surface area (Å²) in [6.45, 7) is 3.85. The Morgan fingerprint density at radius 1 is 1.50 bits per heavy atom. The molecule has 0 aromatic carbocycles. The molecule has 3 rings (SSSR count). The maximum absolute atomic E-state index is 12.6. The molecule has 1 saturated heterocycles. The molecule has 2 heterocycles. The van der Waals surface area contributed by atoms with Crippen molar-refractivity contribution in [1.82, 2.24) is 4.98 Å². The van der Waals surface area contributed by atoms with E-state index in [0.717, 1.165) is 18.0 Å². The summed E-state index contributed by atoms with van der Waals surface area (Å²) < 4.78 is 5.36. The zero-order valence-electron chi connectivity index (χ0n) is 12.9. The van der Waals surface area contributed by atoms with E-state index in [9.17, 15) is 4.79 Å². The Labute approximate surface area is 141 Å². The molecular weight excluding hydrogens is 322 g/mol. The summed E-state index contributed by atoms with van der Waals surface area (Å²) in [4.78, 5) is 18.5. The van der Waals surface area contributed by atoms with Crippen LogP contribution in [-0.4, -0.2) is 30.6 Å². The number of nitrogens with zero attached hydrogens (tertiary/aromatic N) is 1. The fourth-order valence-corrected chi connectivity index (χ4v) is 4.28. The van der Waals surface area contributed by atoms with Gasteiger partial charge in [-0.3, -0.25) is 4.79 Å². The van der Waals surface area contributed by atoms with Crippen LogP contribution in [0.2, 0.25) is 0 Å². The second-order valence-electron chi connectivity index (χ2n) is 6.29. The zero-order chi connectivity index (χ0) is 14.9. The molecule has 0 bridgehead atoms. The average Bonchev–Trinajstić information content (AvgIpc) is 2.89. The van der Waals surface area contributed by atoms with E-state index in [1.807, 2.05) is 0 Å². The number of amides is 1. The monoisotopic (exact) mass is 345 g/mol. The van der Waals surface area contributed by atoms with Crippen molar-refractivity contribution in [2.45, 2.75) is 39.0 Å². The molecular formula is C15H24ClN3O2S. The van der Waals surface area contributed by atoms with Crippen LogP contribution >= 0.6 is 23.7 Å². The lowest BCUT2D eigenvalue weighted by Gasteiger charge is -2.34. The quantitative estimate of drug-likeness (QED) is 0.881. The maximum Gasteiger partial charge on any atom is 0.233 e. The van der Waals surface area contributed by atoms with E-state index in [0.29, 0.717) is 38.5 Å². The van der Waals surface area contributed by atoms with Crippen molar-refractivity contribution in [3.05, 3.63) is 10.6 Å². The number of rotatable bonds is 3. The molecule has 5 nitrogen and oxygen atoms in total. The molecule has 1 atom stereocenters. The minimum Gasteiger partial charge on any atom is -0.381 e. The van der Waals surface area contributed by atoms with E-state index in [-0.39, 0.29) is 18.3 Å². The van der Waals surface area contributed by atoms with Gasteiger partial charge >= 0.3 is 0 Å². The standard InChI is InChI=1S/C15H23N3O2S.ClH/c1-10-2-3-11-12(8-10)21-14(17-11)18-13(19)15(9-16)4-6-20-7-5-15;/h10H,2-9,16H2,1H3,(H,17,18,19);1H. The van der Waals surface area contributed by atoms with Crippen LogP contribution in [0.1, 0.15) is 36.8 Å². The zero-order valence-corrected chi connectivity index (χ0v) is 14.5. The molecule has 0 radical (unpaired) electrons. The number of hydrogen-bond acceptors (Lipinski definition) is 5. The van der Waals surface area contributed by atoms with E-state index in [1.54, 1.807) is 11.3 Å². The Balaban J connectivity index is 0.00000176. The molecule has 0 saturated carbocycles. The van der Waals surface area contributed by atoms with Crippen molar-refractivity contribution in [3.63, 3.8) is 0 Å². The number of thiazole rings is 1. The molecule has 1 aliphatic heterocycles. The topological polar surface area (TPSA) is 77.2 Å². The summed E-state index contributed by atoms with van der Waals surface area (Å²) >= 11 is 1.63. The highest BCUT2D eigenvalue weighted by atomic mass is 35.5. The molecule has 3 N–H and O–H groups in total. The number of aryl methyl sites for hydroxylation is 1. The first kappa shape index (κ1) is 17.7. The number of carbonyl (C=O) groups excluding carboxylic acids is 1. The van der Waals surface area contributed by atoms with E-state index in [1.165, 1.54) is 17.0 Å². The van der Waals surface area contributed by atoms with Gasteiger partial charge in [0.2, 0.25) is 5.91 Å². The van der Waals surface area contributed by atoms with E-state index >= 15 is 0 Å². The number of hydrogen-bond donors (Lipinski definition) is 2. The summed E-state index contributed by atoms with van der Waals surface area (Å²) in [6.07, 6.45) is 4.68. The molecule has 7 heteroatoms. The van der Waals surface area contributed by atoms with Gasteiger partial charge in [0.05, 0.1) is 11.1 Å². The highest BCUT2D eigenvalue weighted by Gasteiger charge is 2.39. The maximum atomic E-state index is 12.6. The lowest BCUT2D eigenvalue weighted by molar-refractivity contribution is -0.130. The van der Waals surface area contributed by atoms with E-state index in [4.69, 9.17) is 10.5 Å². The Kier molecular flexibility index (Phi) is 5.82. The van der Waals surface area contributed by atoms with Gasteiger partial charge < -0.3 is 15.8 Å². The Morgan fingerprint density at radius 2 is 2.23 bits per heavy atom. The molecule has 22 heavy (non-hydrogen) atoms. The number of anilines is 1. The van der Waals surface area contributed by atoms with Crippen molar-refractivity contribution < 1.29 is 9.53 Å². The van der Waals surface area contributed by atoms with Crippen molar-refractivity contribution in [3.8, 4) is 0 Å². The van der Waals surface area contributed by atoms with Gasteiger partial charge in [0.1, 0.15) is 0 Å². The predicted octanol–water partition coefficient (Wildman–Crippen LogP) is 2.38. The van der Waals surface area contributed by atoms with Gasteiger partial charge in [-0.1, -0.05) is 6.92 Å². The summed E-state index contributed by atoms with van der Waals surface area (Å²) in [6, 6.07) is 0. The van der Waals surface area contributed by atoms with Gasteiger partial charge in [-0.15, -0.1) is 23.7 Å². The third-order valence-corrected chi connectivity index (χ3v) is 5.76. The number of ether oxygens (including phenoxy) is 1. The molecule has 0 spiro atoms. The SMILES string of the molecule is CC1CCc2nc(NC(=O)C3(CN)CCOCC3)sc2C1.Cl. The van der Waals surface area contributed by atoms with Gasteiger partial charge in [-0.2, -0.15) is 0 Å². The van der Waals surface area contributed by atoms with Gasteiger partial charge in [0.15, 0.2) is 5.13 Å². The Hall–Kier alpha value is -0.690. The highest BCUT2D eigenvalue weighted by molar-refractivity contribution is 7.15. The molecule has 1 fully saturated rings. The second kappa shape index (κ2) is 7.25. The molecule has 1 aromatic rings. The first-order valence-corrected chi connectivity index (χ1v) is 8.52. The Morgan fingerprint density at radius 3 is 2.91 bits per heavy atom. The predicted molar refractivity (Wildman–Crippen MR) is 90.7 cm³/mol. The van der Waals surface area contributed by atoms with Crippen molar-refractivity contribution >= 4 is 34.8 Å². The smallest absolute Gasteiger partial charge is 0.233 e. The molecule has 2 aliphatic rings. The fourth-order valence-electron chi connectivity index (χ4n) is 3.11. The van der Waals surface area contributed by atoms with Gasteiger partial charge in [0, 0.05) is 24.6 Å². The van der Waals surface area contributed by atoms with E-state index < -0.39 is 5.41 Å². The fraction of sp³-hybridized carbons (Fsp3) is 0.733. The third-order valence-electron chi connectivity index (χ3n) is 4.73. The summed E-state index contributed by atoms with van der Waals surface area (Å²) in [7, 11) is 0. The summed E-state index contributed by atoms with van der Waals surface area (Å²) in [5, 5.41) is 3.74. The van der Waals surface area contributed by atoms with Crippen LogP contribution < -0.4 is 11.1 Å². The molecule has 1 aromatic heterocycles. The number of fused-ring (bicyclic) bond motifs is 1. The van der Waals surface area contributed by atoms with E-state index in [2.05, 4.69) is 17.2 Å². The van der Waals surface area contributed by atoms with Gasteiger partial charge in [0.25, 0.3) is 0 Å². The van der Waals surface area contributed by atoms with Crippen LogP contribution in [0.3, 0.4) is 0 Å². The van der Waals surface area contributed by atoms with Crippen LogP contribution in [0.4, 0.5) is 5.13 Å². The van der Waals surface area contributed by atoms with Gasteiger partial charge in [-0.25, -0.2) is 4.98 Å². The van der Waals surface area contributed by atoms with Crippen LogP contribution in [0, 0.1) is 11.3 Å². The minimum absolute atomic E-state index is 0. The summed E-state index contributed by atoms with van der Waals surface area (Å²) in [5.41, 5.74) is 6.56. The molecule has 1 aliphatic carbocycles. The van der Waals surface area contributed by atoms with Crippen molar-refractivity contribution in [1.29, 1.82) is 0 Å². The van der Waals surface area contributed by atoms with Gasteiger partial charge in [-0.05, 0) is 38.0 Å². The third kappa shape index (κ3) is 3.45. The minimum atomic E-state index is -0.488. The highest BCUT2D eigenvalue weighted by Crippen LogP contribution is 2.35. The first-order valence-electron chi connectivity index (χ1n) is 7.71. The number of nitrogens with two attached hydrogens (primary N) is 1. The van der Waals surface area contributed by atoms with Crippen molar-refractivity contribution in [2.75, 3.05) is 25.1 Å². The van der Waals surface area contributed by atoms with Crippen molar-refractivity contribution in [2.24, 2.45) is 17.1 Å². The lowest BCUT2D eigenvalue weighted by atomic mass is 9.79. The van der Waals surface area contributed by atoms with Crippen LogP contribution in [-0.2, 0) is 22.4 Å². The number of carbonyl (C=O) groups is 1. The second-order valence-corrected chi connectivity index (χ2v) is 7.37. The normalized spacial score (nSPS) is 23.3. The van der Waals surface area contributed by atoms with Crippen LogP contribution in [0.5, 0.6) is 0 Å². The molecule has 1 amide bonds. The number of aromatic nitrogens is 1. The number of nitrogens with one attached hydrogen (secondary N) is 1. The summed E-state index contributed by atoms with van der Waals surface area (Å²) in [5.74, 6) is 0.722. The molecule has 124 valence electrons. The number of halogens is 1. The average molecular weight is 346 g/mol. The molecule has 1 unspecified atom stereocenters. The largest absolute Gasteiger partial charge is 0.381 e. The van der Waals surface area contributed by atoms with Crippen LogP contribution in [0.15, 0.2) is 0 Å².